The van der Waals surface area contributed by atoms with Crippen molar-refractivity contribution in [2.45, 2.75) is 25.3 Å². The quantitative estimate of drug-likeness (QED) is 0.853. The minimum atomic E-state index is 0.518. The smallest absolute Gasteiger partial charge is 0.126 e. The Bertz CT molecular complexity index is 490. The molecule has 0 spiro atoms. The number of methoxy groups -OCH3 is 1. The lowest BCUT2D eigenvalue weighted by atomic mass is 9.78. The third-order valence-corrected chi connectivity index (χ3v) is 4.31. The van der Waals surface area contributed by atoms with Crippen LogP contribution >= 0.6 is 0 Å². The van der Waals surface area contributed by atoms with Gasteiger partial charge in [-0.1, -0.05) is 18.2 Å². The highest BCUT2D eigenvalue weighted by Crippen LogP contribution is 2.40. The Labute approximate surface area is 115 Å². The van der Waals surface area contributed by atoms with Crippen molar-refractivity contribution in [3.63, 3.8) is 0 Å². The second-order valence-electron chi connectivity index (χ2n) is 5.42. The Morgan fingerprint density at radius 2 is 2.16 bits per heavy atom. The molecule has 1 aliphatic heterocycles. The molecule has 1 aromatic rings. The van der Waals surface area contributed by atoms with E-state index in [1.807, 2.05) is 0 Å². The summed E-state index contributed by atoms with van der Waals surface area (Å²) in [5, 5.41) is 7.14. The van der Waals surface area contributed by atoms with Gasteiger partial charge in [-0.15, -0.1) is 0 Å². The third-order valence-electron chi connectivity index (χ3n) is 4.31. The van der Waals surface area contributed by atoms with Crippen LogP contribution in [-0.4, -0.2) is 32.8 Å². The lowest BCUT2D eigenvalue weighted by Crippen LogP contribution is -2.51. The summed E-state index contributed by atoms with van der Waals surface area (Å²) in [7, 11) is 1.76. The summed E-state index contributed by atoms with van der Waals surface area (Å²) < 4.78 is 5.54. The van der Waals surface area contributed by atoms with E-state index in [0.717, 1.165) is 31.8 Å². The van der Waals surface area contributed by atoms with E-state index in [0.29, 0.717) is 12.0 Å². The molecule has 102 valence electrons. The van der Waals surface area contributed by atoms with Crippen LogP contribution in [0.4, 0.5) is 0 Å². The predicted octanol–water partition coefficient (Wildman–Crippen LogP) is 2.15. The molecule has 1 fully saturated rings. The molecule has 0 aromatic heterocycles. The number of allylic oxidation sites excluding steroid dienone is 2. The van der Waals surface area contributed by atoms with Crippen LogP contribution in [0.3, 0.4) is 0 Å². The molecule has 0 saturated carbocycles. The molecule has 2 atom stereocenters. The van der Waals surface area contributed by atoms with E-state index >= 15 is 0 Å². The fraction of sp³-hybridized carbons (Fsp3) is 0.500. The van der Waals surface area contributed by atoms with E-state index in [2.05, 4.69) is 41.8 Å². The molecule has 3 nitrogen and oxygen atoms in total. The Kier molecular flexibility index (Phi) is 3.58. The molecule has 19 heavy (non-hydrogen) atoms. The highest BCUT2D eigenvalue weighted by atomic mass is 16.5. The van der Waals surface area contributed by atoms with Crippen LogP contribution in [0, 0.1) is 0 Å². The number of fused-ring (bicyclic) bond motifs is 1. The van der Waals surface area contributed by atoms with Gasteiger partial charge in [0.1, 0.15) is 5.75 Å². The van der Waals surface area contributed by atoms with Crippen LogP contribution in [0.2, 0.25) is 0 Å². The molecule has 3 rings (SSSR count). The Morgan fingerprint density at radius 3 is 2.89 bits per heavy atom. The zero-order valence-electron chi connectivity index (χ0n) is 11.7. The van der Waals surface area contributed by atoms with Gasteiger partial charge in [0.15, 0.2) is 0 Å². The standard InChI is InChI=1S/C16H22N2O/c1-11-6-7-12(14-10-17-8-9-18-14)13-4-3-5-15(19-2)16(11)13/h3-6,12,14,17-18H,7-10H2,1-2H3. The number of ether oxygens (including phenoxy) is 1. The van der Waals surface area contributed by atoms with Crippen LogP contribution < -0.4 is 15.4 Å². The third kappa shape index (κ3) is 2.28. The minimum Gasteiger partial charge on any atom is -0.496 e. The lowest BCUT2D eigenvalue weighted by molar-refractivity contribution is 0.362. The van der Waals surface area contributed by atoms with Gasteiger partial charge >= 0.3 is 0 Å². The largest absolute Gasteiger partial charge is 0.496 e. The fourth-order valence-electron chi connectivity index (χ4n) is 3.32. The average molecular weight is 258 g/mol. The van der Waals surface area contributed by atoms with Gasteiger partial charge in [0, 0.05) is 37.2 Å². The molecule has 2 N–H and O–H groups in total. The summed E-state index contributed by atoms with van der Waals surface area (Å²) in [6.45, 7) is 5.37. The first-order valence-electron chi connectivity index (χ1n) is 7.09. The van der Waals surface area contributed by atoms with Crippen LogP contribution in [0.1, 0.15) is 30.4 Å². The Balaban J connectivity index is 1.99. The molecule has 2 unspecified atom stereocenters. The normalized spacial score (nSPS) is 26.5. The average Bonchev–Trinajstić information content (AvgIpc) is 2.48. The molecular weight excluding hydrogens is 236 g/mol. The molecule has 1 aromatic carbocycles. The number of hydrogen-bond acceptors (Lipinski definition) is 3. The maximum absolute atomic E-state index is 5.54. The van der Waals surface area contributed by atoms with Crippen molar-refractivity contribution in [1.82, 2.24) is 10.6 Å². The van der Waals surface area contributed by atoms with Gasteiger partial charge in [-0.25, -0.2) is 0 Å². The van der Waals surface area contributed by atoms with Crippen LogP contribution in [-0.2, 0) is 0 Å². The zero-order valence-corrected chi connectivity index (χ0v) is 11.7. The van der Waals surface area contributed by atoms with Gasteiger partial charge < -0.3 is 15.4 Å². The number of benzene rings is 1. The van der Waals surface area contributed by atoms with Crippen molar-refractivity contribution in [2.24, 2.45) is 0 Å². The van der Waals surface area contributed by atoms with Gasteiger partial charge in [0.25, 0.3) is 0 Å². The van der Waals surface area contributed by atoms with E-state index in [1.165, 1.54) is 16.7 Å². The van der Waals surface area contributed by atoms with Crippen LogP contribution in [0.15, 0.2) is 24.3 Å². The van der Waals surface area contributed by atoms with E-state index < -0.39 is 0 Å². The molecule has 0 radical (unpaired) electrons. The summed E-state index contributed by atoms with van der Waals surface area (Å²) in [5.74, 6) is 1.54. The first-order valence-corrected chi connectivity index (χ1v) is 7.09. The van der Waals surface area contributed by atoms with E-state index in [4.69, 9.17) is 4.74 Å². The van der Waals surface area contributed by atoms with Crippen molar-refractivity contribution < 1.29 is 4.74 Å². The molecule has 3 heteroatoms. The lowest BCUT2D eigenvalue weighted by Gasteiger charge is -2.35. The second kappa shape index (κ2) is 5.35. The van der Waals surface area contributed by atoms with Crippen molar-refractivity contribution in [3.05, 3.63) is 35.4 Å². The first kappa shape index (κ1) is 12.7. The van der Waals surface area contributed by atoms with E-state index in [9.17, 15) is 0 Å². The number of nitrogens with one attached hydrogen (secondary N) is 2. The highest BCUT2D eigenvalue weighted by molar-refractivity contribution is 5.74. The summed E-state index contributed by atoms with van der Waals surface area (Å²) in [4.78, 5) is 0. The van der Waals surface area contributed by atoms with Crippen LogP contribution in [0.5, 0.6) is 5.75 Å². The van der Waals surface area contributed by atoms with E-state index in [1.54, 1.807) is 7.11 Å². The van der Waals surface area contributed by atoms with Gasteiger partial charge in [-0.2, -0.15) is 0 Å². The SMILES string of the molecule is COc1cccc2c1C(C)=CCC2C1CNCCN1. The van der Waals surface area contributed by atoms with Crippen molar-refractivity contribution >= 4 is 5.57 Å². The van der Waals surface area contributed by atoms with E-state index in [-0.39, 0.29) is 0 Å². The van der Waals surface area contributed by atoms with Gasteiger partial charge in [-0.05, 0) is 30.5 Å². The number of rotatable bonds is 2. The summed E-state index contributed by atoms with van der Waals surface area (Å²) in [6, 6.07) is 6.95. The van der Waals surface area contributed by atoms with Gasteiger partial charge in [-0.3, -0.25) is 0 Å². The predicted molar refractivity (Wildman–Crippen MR) is 78.7 cm³/mol. The van der Waals surface area contributed by atoms with Gasteiger partial charge in [0.05, 0.1) is 7.11 Å². The molecular formula is C16H22N2O. The summed E-state index contributed by atoms with van der Waals surface area (Å²) >= 11 is 0. The zero-order chi connectivity index (χ0) is 13.2. The Morgan fingerprint density at radius 1 is 1.26 bits per heavy atom. The highest BCUT2D eigenvalue weighted by Gasteiger charge is 2.29. The van der Waals surface area contributed by atoms with Crippen molar-refractivity contribution in [1.29, 1.82) is 0 Å². The van der Waals surface area contributed by atoms with Crippen molar-refractivity contribution in [3.8, 4) is 5.75 Å². The summed E-state index contributed by atoms with van der Waals surface area (Å²) in [6.07, 6.45) is 3.47. The monoisotopic (exact) mass is 258 g/mol. The second-order valence-corrected chi connectivity index (χ2v) is 5.42. The molecule has 2 aliphatic rings. The topological polar surface area (TPSA) is 33.3 Å². The number of hydrogen-bond donors (Lipinski definition) is 2. The van der Waals surface area contributed by atoms with Crippen molar-refractivity contribution in [2.75, 3.05) is 26.7 Å². The first-order chi connectivity index (χ1) is 9.31. The molecule has 0 amide bonds. The van der Waals surface area contributed by atoms with Crippen LogP contribution in [0.25, 0.3) is 5.57 Å². The maximum Gasteiger partial charge on any atom is 0.126 e. The number of piperazine rings is 1. The molecule has 1 aliphatic carbocycles. The fourth-order valence-corrected chi connectivity index (χ4v) is 3.32. The Hall–Kier alpha value is -1.32. The maximum atomic E-state index is 5.54. The minimum absolute atomic E-state index is 0.518. The molecule has 1 heterocycles. The molecule has 1 saturated heterocycles. The van der Waals surface area contributed by atoms with Gasteiger partial charge in [0.2, 0.25) is 0 Å². The summed E-state index contributed by atoms with van der Waals surface area (Å²) in [5.41, 5.74) is 4.07. The molecule has 0 bridgehead atoms.